The Balaban J connectivity index is 1.90. The molecule has 0 fully saturated rings. The van der Waals surface area contributed by atoms with Gasteiger partial charge in [-0.05, 0) is 37.0 Å². The Bertz CT molecular complexity index is 962. The number of benzene rings is 1. The van der Waals surface area contributed by atoms with Crippen LogP contribution in [0.4, 0.5) is 18.9 Å². The predicted molar refractivity (Wildman–Crippen MR) is 101 cm³/mol. The zero-order chi connectivity index (χ0) is 21.9. The molecule has 0 amide bonds. The van der Waals surface area contributed by atoms with E-state index in [1.165, 1.54) is 6.07 Å². The average Bonchev–Trinajstić information content (AvgIpc) is 3.04. The van der Waals surface area contributed by atoms with Gasteiger partial charge in [-0.1, -0.05) is 6.07 Å². The summed E-state index contributed by atoms with van der Waals surface area (Å²) in [5, 5.41) is 9.66. The lowest BCUT2D eigenvalue weighted by Gasteiger charge is -2.16. The quantitative estimate of drug-likeness (QED) is 0.419. The van der Waals surface area contributed by atoms with Gasteiger partial charge in [-0.3, -0.25) is 0 Å². The normalized spacial score (nSPS) is 13.3. The van der Waals surface area contributed by atoms with Gasteiger partial charge in [-0.15, -0.1) is 0 Å². The number of pyridine rings is 1. The zero-order valence-electron chi connectivity index (χ0n) is 16.2. The van der Waals surface area contributed by atoms with Crippen molar-refractivity contribution in [1.82, 2.24) is 4.98 Å². The van der Waals surface area contributed by atoms with Crippen LogP contribution in [0.5, 0.6) is 17.5 Å². The lowest BCUT2D eigenvalue weighted by Crippen LogP contribution is -2.27. The van der Waals surface area contributed by atoms with Gasteiger partial charge in [0, 0.05) is 6.07 Å². The molecule has 2 aromatic rings. The first-order chi connectivity index (χ1) is 14.2. The topological polar surface area (TPSA) is 74.4 Å². The van der Waals surface area contributed by atoms with Crippen LogP contribution < -0.4 is 14.9 Å². The Morgan fingerprint density at radius 3 is 2.73 bits per heavy atom. The summed E-state index contributed by atoms with van der Waals surface area (Å²) in [5.74, 6) is -0.659. The first-order valence-corrected chi connectivity index (χ1v) is 9.03. The van der Waals surface area contributed by atoms with Crippen molar-refractivity contribution in [2.45, 2.75) is 32.7 Å². The minimum Gasteiger partial charge on any atom is -0.484 e. The number of ether oxygens (including phenoxy) is 3. The molecular weight excluding hydrogens is 404 g/mol. The second-order valence-electron chi connectivity index (χ2n) is 6.67. The number of nitrogens with zero attached hydrogens (tertiary/aromatic N) is 2. The van der Waals surface area contributed by atoms with Gasteiger partial charge in [0.05, 0.1) is 31.5 Å². The maximum atomic E-state index is 13.5. The largest absolute Gasteiger partial charge is 0.491 e. The van der Waals surface area contributed by atoms with E-state index in [2.05, 4.69) is 9.83 Å². The molecule has 0 radical (unpaired) electrons. The zero-order valence-corrected chi connectivity index (χ0v) is 16.2. The first-order valence-electron chi connectivity index (χ1n) is 9.03. The van der Waals surface area contributed by atoms with E-state index in [0.717, 1.165) is 0 Å². The molecule has 2 heterocycles. The fourth-order valence-electron chi connectivity index (χ4n) is 2.78. The molecule has 7 nitrogen and oxygen atoms in total. The van der Waals surface area contributed by atoms with Crippen molar-refractivity contribution in [1.29, 1.82) is 0 Å². The smallest absolute Gasteiger partial charge is 0.484 e. The van der Waals surface area contributed by atoms with Crippen molar-refractivity contribution in [3.05, 3.63) is 46.8 Å². The summed E-state index contributed by atoms with van der Waals surface area (Å²) in [6.45, 7) is 10.9. The van der Waals surface area contributed by atoms with Gasteiger partial charge in [0.2, 0.25) is 11.8 Å². The van der Waals surface area contributed by atoms with Gasteiger partial charge >= 0.3 is 13.3 Å². The Morgan fingerprint density at radius 2 is 2.07 bits per heavy atom. The molecule has 30 heavy (non-hydrogen) atoms. The van der Waals surface area contributed by atoms with E-state index in [0.29, 0.717) is 17.1 Å². The molecule has 0 saturated carbocycles. The molecule has 1 aliphatic heterocycles. The van der Waals surface area contributed by atoms with Gasteiger partial charge in [0.15, 0.2) is 0 Å². The van der Waals surface area contributed by atoms with Crippen LogP contribution in [0.25, 0.3) is 4.85 Å². The van der Waals surface area contributed by atoms with Crippen LogP contribution in [0.1, 0.15) is 25.0 Å². The van der Waals surface area contributed by atoms with Crippen molar-refractivity contribution >= 4 is 18.3 Å². The summed E-state index contributed by atoms with van der Waals surface area (Å²) in [4.78, 5) is 6.90. The third kappa shape index (κ3) is 5.02. The molecule has 0 unspecified atom stereocenters. The van der Waals surface area contributed by atoms with E-state index in [9.17, 15) is 18.2 Å². The number of fused-ring (bicyclic) bond motifs is 1. The molecule has 1 aliphatic rings. The van der Waals surface area contributed by atoms with E-state index in [-0.39, 0.29) is 37.6 Å². The molecule has 158 valence electrons. The lowest BCUT2D eigenvalue weighted by atomic mass is 9.80. The number of rotatable bonds is 7. The highest BCUT2D eigenvalue weighted by Gasteiger charge is 2.37. The number of alkyl halides is 3. The minimum atomic E-state index is -4.80. The van der Waals surface area contributed by atoms with E-state index in [1.807, 2.05) is 0 Å². The lowest BCUT2D eigenvalue weighted by molar-refractivity contribution is -0.137. The van der Waals surface area contributed by atoms with Gasteiger partial charge in [-0.25, -0.2) is 4.85 Å². The standard InChI is InChI=1S/C19H18BF3N2O5/c1-11(2)27-6-7-28-18-17(24-3)14(19(21,22)23)9-16(25-18)30-13-4-5-15-12(8-13)10-29-20(15)26/h4-5,8-9,11,26H,6-7,10H2,1-2H3. The Hall–Kier alpha value is -2.81. The maximum absolute atomic E-state index is 13.5. The molecule has 0 atom stereocenters. The average molecular weight is 422 g/mol. The third-order valence-corrected chi connectivity index (χ3v) is 4.13. The molecule has 3 rings (SSSR count). The van der Waals surface area contributed by atoms with Crippen molar-refractivity contribution in [2.24, 2.45) is 0 Å². The van der Waals surface area contributed by atoms with Crippen molar-refractivity contribution in [2.75, 3.05) is 13.2 Å². The molecule has 0 spiro atoms. The number of hydrogen-bond donors (Lipinski definition) is 1. The summed E-state index contributed by atoms with van der Waals surface area (Å²) in [5.41, 5.74) is -0.744. The van der Waals surface area contributed by atoms with Crippen LogP contribution >= 0.6 is 0 Å². The molecular formula is C19H18BF3N2O5. The van der Waals surface area contributed by atoms with Crippen molar-refractivity contribution in [3.63, 3.8) is 0 Å². The Morgan fingerprint density at radius 1 is 1.30 bits per heavy atom. The molecule has 0 saturated heterocycles. The van der Waals surface area contributed by atoms with E-state index < -0.39 is 30.4 Å². The summed E-state index contributed by atoms with van der Waals surface area (Å²) < 4.78 is 61.7. The number of aromatic nitrogens is 1. The van der Waals surface area contributed by atoms with Crippen molar-refractivity contribution in [3.8, 4) is 17.5 Å². The summed E-state index contributed by atoms with van der Waals surface area (Å²) in [7, 11) is -1.05. The van der Waals surface area contributed by atoms with Crippen LogP contribution in [-0.2, 0) is 22.2 Å². The SMILES string of the molecule is [C-]#[N+]c1c(C(F)(F)F)cc(Oc2ccc3c(c2)COB3O)nc1OCCOC(C)C. The molecule has 0 aliphatic carbocycles. The molecule has 1 N–H and O–H groups in total. The van der Waals surface area contributed by atoms with Crippen LogP contribution in [-0.4, -0.2) is 36.4 Å². The van der Waals surface area contributed by atoms with Crippen molar-refractivity contribution < 1.29 is 37.1 Å². The van der Waals surface area contributed by atoms with E-state index in [1.54, 1.807) is 26.0 Å². The molecule has 11 heteroatoms. The van der Waals surface area contributed by atoms with Crippen LogP contribution in [0.3, 0.4) is 0 Å². The third-order valence-electron chi connectivity index (χ3n) is 4.13. The summed E-state index contributed by atoms with van der Waals surface area (Å²) in [6, 6.07) is 5.23. The predicted octanol–water partition coefficient (Wildman–Crippen LogP) is 3.46. The summed E-state index contributed by atoms with van der Waals surface area (Å²) in [6.07, 6.45) is -4.88. The van der Waals surface area contributed by atoms with Gasteiger partial charge in [0.25, 0.3) is 5.69 Å². The Labute approximate surface area is 171 Å². The highest BCUT2D eigenvalue weighted by atomic mass is 19.4. The van der Waals surface area contributed by atoms with Gasteiger partial charge in [-0.2, -0.15) is 18.2 Å². The van der Waals surface area contributed by atoms with Gasteiger partial charge < -0.3 is 23.9 Å². The second-order valence-corrected chi connectivity index (χ2v) is 6.67. The minimum absolute atomic E-state index is 0.0791. The molecule has 1 aromatic heterocycles. The molecule has 1 aromatic carbocycles. The first kappa shape index (κ1) is 21.9. The highest BCUT2D eigenvalue weighted by Crippen LogP contribution is 2.43. The fraction of sp³-hybridized carbons (Fsp3) is 0.368. The molecule has 0 bridgehead atoms. The Kier molecular flexibility index (Phi) is 6.50. The highest BCUT2D eigenvalue weighted by molar-refractivity contribution is 6.61. The summed E-state index contributed by atoms with van der Waals surface area (Å²) >= 11 is 0. The van der Waals surface area contributed by atoms with Crippen LogP contribution in [0, 0.1) is 6.57 Å². The van der Waals surface area contributed by atoms with Gasteiger partial charge in [0.1, 0.15) is 12.4 Å². The van der Waals surface area contributed by atoms with E-state index in [4.69, 9.17) is 25.4 Å². The van der Waals surface area contributed by atoms with E-state index >= 15 is 0 Å². The van der Waals surface area contributed by atoms with Crippen LogP contribution in [0.15, 0.2) is 24.3 Å². The fourth-order valence-corrected chi connectivity index (χ4v) is 2.78. The maximum Gasteiger partial charge on any atom is 0.491 e. The monoisotopic (exact) mass is 422 g/mol. The van der Waals surface area contributed by atoms with Crippen LogP contribution in [0.2, 0.25) is 0 Å². The number of hydrogen-bond acceptors (Lipinski definition) is 6. The number of halogens is 3. The second kappa shape index (κ2) is 8.91.